The standard InChI is InChI=1S/C18H22BNO3/c1-17(2)18(3,4)23-19(22-17)14-9-10-16(20-12-14)13-7-6-8-15(11-13)21-5/h6-12H,1-5H3. The SMILES string of the molecule is COc1cccc(-c2ccc(B3OC(C)(C)C(C)(C)O3)cn2)c1. The van der Waals surface area contributed by atoms with Gasteiger partial charge in [-0.1, -0.05) is 18.2 Å². The van der Waals surface area contributed by atoms with E-state index in [4.69, 9.17) is 14.0 Å². The maximum Gasteiger partial charge on any atom is 0.496 e. The van der Waals surface area contributed by atoms with Gasteiger partial charge in [0.25, 0.3) is 0 Å². The summed E-state index contributed by atoms with van der Waals surface area (Å²) in [5.74, 6) is 0.819. The summed E-state index contributed by atoms with van der Waals surface area (Å²) in [5, 5.41) is 0. The fourth-order valence-electron chi connectivity index (χ4n) is 2.48. The first kappa shape index (κ1) is 16.0. The summed E-state index contributed by atoms with van der Waals surface area (Å²) in [5.41, 5.74) is 2.15. The lowest BCUT2D eigenvalue weighted by atomic mass is 9.80. The Morgan fingerprint density at radius 2 is 1.70 bits per heavy atom. The predicted octanol–water partition coefficient (Wildman–Crippen LogP) is 3.06. The van der Waals surface area contributed by atoms with Crippen LogP contribution in [0.15, 0.2) is 42.6 Å². The van der Waals surface area contributed by atoms with Gasteiger partial charge in [-0.25, -0.2) is 0 Å². The van der Waals surface area contributed by atoms with Gasteiger partial charge in [0, 0.05) is 17.2 Å². The molecule has 0 aliphatic carbocycles. The number of benzene rings is 1. The van der Waals surface area contributed by atoms with Crippen LogP contribution in [0, 0.1) is 0 Å². The van der Waals surface area contributed by atoms with Crippen LogP contribution in [0.25, 0.3) is 11.3 Å². The van der Waals surface area contributed by atoms with Gasteiger partial charge in [0.05, 0.1) is 24.0 Å². The van der Waals surface area contributed by atoms with Crippen molar-refractivity contribution < 1.29 is 14.0 Å². The molecule has 120 valence electrons. The monoisotopic (exact) mass is 311 g/mol. The van der Waals surface area contributed by atoms with Crippen molar-refractivity contribution in [2.45, 2.75) is 38.9 Å². The molecule has 2 aromatic rings. The third-order valence-corrected chi connectivity index (χ3v) is 4.68. The van der Waals surface area contributed by atoms with E-state index in [9.17, 15) is 0 Å². The molecule has 5 heteroatoms. The van der Waals surface area contributed by atoms with Gasteiger partial charge in [-0.05, 0) is 45.9 Å². The second-order valence-corrected chi connectivity index (χ2v) is 6.80. The van der Waals surface area contributed by atoms with E-state index in [1.165, 1.54) is 0 Å². The zero-order chi connectivity index (χ0) is 16.7. The molecule has 0 atom stereocenters. The van der Waals surface area contributed by atoms with Crippen LogP contribution >= 0.6 is 0 Å². The van der Waals surface area contributed by atoms with Crippen LogP contribution in [0.1, 0.15) is 27.7 Å². The van der Waals surface area contributed by atoms with Gasteiger partial charge in [0.15, 0.2) is 0 Å². The molecular formula is C18H22BNO3. The molecule has 0 spiro atoms. The number of methoxy groups -OCH3 is 1. The van der Waals surface area contributed by atoms with Crippen molar-refractivity contribution >= 4 is 12.6 Å². The summed E-state index contributed by atoms with van der Waals surface area (Å²) < 4.78 is 17.4. The highest BCUT2D eigenvalue weighted by atomic mass is 16.7. The summed E-state index contributed by atoms with van der Waals surface area (Å²) in [6.07, 6.45) is 1.82. The van der Waals surface area contributed by atoms with Crippen LogP contribution in [0.4, 0.5) is 0 Å². The second-order valence-electron chi connectivity index (χ2n) is 6.80. The highest BCUT2D eigenvalue weighted by molar-refractivity contribution is 6.62. The fourth-order valence-corrected chi connectivity index (χ4v) is 2.48. The van der Waals surface area contributed by atoms with E-state index < -0.39 is 0 Å². The molecule has 1 aliphatic heterocycles. The zero-order valence-corrected chi connectivity index (χ0v) is 14.3. The highest BCUT2D eigenvalue weighted by Crippen LogP contribution is 2.36. The molecule has 1 fully saturated rings. The molecule has 0 saturated carbocycles. The van der Waals surface area contributed by atoms with E-state index in [2.05, 4.69) is 4.98 Å². The van der Waals surface area contributed by atoms with Crippen LogP contribution in [0.5, 0.6) is 5.75 Å². The minimum atomic E-state index is -0.383. The molecule has 0 amide bonds. The van der Waals surface area contributed by atoms with Crippen molar-refractivity contribution in [3.05, 3.63) is 42.6 Å². The van der Waals surface area contributed by atoms with E-state index in [1.54, 1.807) is 7.11 Å². The number of ether oxygens (including phenoxy) is 1. The van der Waals surface area contributed by atoms with Crippen molar-refractivity contribution in [1.82, 2.24) is 4.98 Å². The quantitative estimate of drug-likeness (QED) is 0.817. The van der Waals surface area contributed by atoms with Crippen LogP contribution in [-0.4, -0.2) is 30.4 Å². The molecular weight excluding hydrogens is 289 g/mol. The maximum atomic E-state index is 6.05. The van der Waals surface area contributed by atoms with E-state index in [-0.39, 0.29) is 18.3 Å². The van der Waals surface area contributed by atoms with Crippen molar-refractivity contribution in [2.24, 2.45) is 0 Å². The Morgan fingerprint density at radius 3 is 2.26 bits per heavy atom. The van der Waals surface area contributed by atoms with E-state index >= 15 is 0 Å². The first-order valence-corrected chi connectivity index (χ1v) is 7.78. The Kier molecular flexibility index (Phi) is 3.94. The first-order chi connectivity index (χ1) is 10.8. The third-order valence-electron chi connectivity index (χ3n) is 4.68. The smallest absolute Gasteiger partial charge is 0.496 e. The lowest BCUT2D eigenvalue weighted by molar-refractivity contribution is 0.00578. The topological polar surface area (TPSA) is 40.6 Å². The molecule has 4 nitrogen and oxygen atoms in total. The van der Waals surface area contributed by atoms with Gasteiger partial charge in [-0.2, -0.15) is 0 Å². The van der Waals surface area contributed by atoms with Gasteiger partial charge < -0.3 is 14.0 Å². The number of pyridine rings is 1. The minimum absolute atomic E-state index is 0.344. The van der Waals surface area contributed by atoms with Crippen molar-refractivity contribution in [2.75, 3.05) is 7.11 Å². The van der Waals surface area contributed by atoms with Gasteiger partial charge >= 0.3 is 7.12 Å². The summed E-state index contributed by atoms with van der Waals surface area (Å²) in [4.78, 5) is 4.55. The molecule has 2 heterocycles. The molecule has 23 heavy (non-hydrogen) atoms. The van der Waals surface area contributed by atoms with Crippen molar-refractivity contribution in [3.63, 3.8) is 0 Å². The average Bonchev–Trinajstić information content (AvgIpc) is 2.76. The summed E-state index contributed by atoms with van der Waals surface area (Å²) in [6, 6.07) is 11.8. The molecule has 1 saturated heterocycles. The molecule has 1 aliphatic rings. The van der Waals surface area contributed by atoms with Gasteiger partial charge in [-0.15, -0.1) is 0 Å². The number of hydrogen-bond donors (Lipinski definition) is 0. The molecule has 0 N–H and O–H groups in total. The van der Waals surface area contributed by atoms with Gasteiger partial charge in [-0.3, -0.25) is 4.98 Å². The Hall–Kier alpha value is -1.85. The lowest BCUT2D eigenvalue weighted by Gasteiger charge is -2.32. The van der Waals surface area contributed by atoms with Crippen LogP contribution < -0.4 is 10.2 Å². The first-order valence-electron chi connectivity index (χ1n) is 7.78. The summed E-state index contributed by atoms with van der Waals surface area (Å²) in [6.45, 7) is 8.19. The molecule has 1 aromatic carbocycles. The predicted molar refractivity (Wildman–Crippen MR) is 91.9 cm³/mol. The van der Waals surface area contributed by atoms with Crippen LogP contribution in [0.3, 0.4) is 0 Å². The van der Waals surface area contributed by atoms with Crippen molar-refractivity contribution in [1.29, 1.82) is 0 Å². The average molecular weight is 311 g/mol. The van der Waals surface area contributed by atoms with Crippen LogP contribution in [0.2, 0.25) is 0 Å². The number of nitrogens with zero attached hydrogens (tertiary/aromatic N) is 1. The maximum absolute atomic E-state index is 6.05. The van der Waals surface area contributed by atoms with Gasteiger partial charge in [0.2, 0.25) is 0 Å². The molecule has 0 unspecified atom stereocenters. The Bertz CT molecular complexity index is 682. The second kappa shape index (κ2) is 5.66. The number of hydrogen-bond acceptors (Lipinski definition) is 4. The van der Waals surface area contributed by atoms with Crippen LogP contribution in [-0.2, 0) is 9.31 Å². The largest absolute Gasteiger partial charge is 0.497 e. The molecule has 1 aromatic heterocycles. The third kappa shape index (κ3) is 2.99. The highest BCUT2D eigenvalue weighted by Gasteiger charge is 2.51. The van der Waals surface area contributed by atoms with Gasteiger partial charge in [0.1, 0.15) is 5.75 Å². The van der Waals surface area contributed by atoms with E-state index in [0.29, 0.717) is 0 Å². The van der Waals surface area contributed by atoms with E-state index in [1.807, 2.05) is 70.3 Å². The fraction of sp³-hybridized carbons (Fsp3) is 0.389. The minimum Gasteiger partial charge on any atom is -0.497 e. The summed E-state index contributed by atoms with van der Waals surface area (Å²) >= 11 is 0. The molecule has 0 bridgehead atoms. The Morgan fingerprint density at radius 1 is 1.00 bits per heavy atom. The number of rotatable bonds is 3. The number of aromatic nitrogens is 1. The molecule has 3 rings (SSSR count). The molecule has 0 radical (unpaired) electrons. The lowest BCUT2D eigenvalue weighted by Crippen LogP contribution is -2.41. The van der Waals surface area contributed by atoms with E-state index in [0.717, 1.165) is 22.5 Å². The zero-order valence-electron chi connectivity index (χ0n) is 14.3. The Labute approximate surface area is 137 Å². The normalized spacial score (nSPS) is 18.9. The summed E-state index contributed by atoms with van der Waals surface area (Å²) in [7, 11) is 1.28. The van der Waals surface area contributed by atoms with Crippen molar-refractivity contribution in [3.8, 4) is 17.0 Å². The Balaban J connectivity index is 1.83.